The van der Waals surface area contributed by atoms with Gasteiger partial charge in [-0.3, -0.25) is 13.9 Å². The standard InChI is InChI=1S/C33H40FN3O4S/c1-5-31(33(39)35-28-8-6-7-9-28)36(21-26-12-14-27(34)15-13-26)32(38)22-37(29-19-24(3)18-25(4)20-29)42(40,41)30-16-10-23(2)11-17-30/h10-20,28,31H,5-9,21-22H2,1-4H3,(H,35,39). The van der Waals surface area contributed by atoms with Crippen LogP contribution in [-0.4, -0.2) is 43.8 Å². The minimum Gasteiger partial charge on any atom is -0.352 e. The lowest BCUT2D eigenvalue weighted by Gasteiger charge is -2.34. The van der Waals surface area contributed by atoms with Gasteiger partial charge in [-0.25, -0.2) is 12.8 Å². The van der Waals surface area contributed by atoms with Gasteiger partial charge in [0.25, 0.3) is 10.0 Å². The van der Waals surface area contributed by atoms with E-state index in [1.807, 2.05) is 33.8 Å². The van der Waals surface area contributed by atoms with Crippen molar-refractivity contribution in [3.8, 4) is 0 Å². The Morgan fingerprint density at radius 3 is 2.07 bits per heavy atom. The van der Waals surface area contributed by atoms with Crippen LogP contribution < -0.4 is 9.62 Å². The van der Waals surface area contributed by atoms with E-state index in [0.29, 0.717) is 17.7 Å². The van der Waals surface area contributed by atoms with E-state index in [2.05, 4.69) is 5.32 Å². The largest absolute Gasteiger partial charge is 0.352 e. The van der Waals surface area contributed by atoms with Crippen LogP contribution in [0.2, 0.25) is 0 Å². The number of anilines is 1. The Bertz CT molecular complexity index is 1480. The van der Waals surface area contributed by atoms with E-state index in [9.17, 15) is 22.4 Å². The quantitative estimate of drug-likeness (QED) is 0.304. The molecule has 7 nitrogen and oxygen atoms in total. The molecule has 0 spiro atoms. The molecule has 1 aliphatic rings. The van der Waals surface area contributed by atoms with Crippen LogP contribution in [0, 0.1) is 26.6 Å². The molecule has 1 aliphatic carbocycles. The van der Waals surface area contributed by atoms with Crippen LogP contribution in [0.3, 0.4) is 0 Å². The number of sulfonamides is 1. The highest BCUT2D eigenvalue weighted by atomic mass is 32.2. The maximum atomic E-state index is 14.2. The number of benzene rings is 3. The zero-order valence-electron chi connectivity index (χ0n) is 24.8. The summed E-state index contributed by atoms with van der Waals surface area (Å²) < 4.78 is 42.9. The molecule has 0 radical (unpaired) electrons. The lowest BCUT2D eigenvalue weighted by Crippen LogP contribution is -2.53. The van der Waals surface area contributed by atoms with Crippen molar-refractivity contribution in [3.63, 3.8) is 0 Å². The van der Waals surface area contributed by atoms with Crippen LogP contribution in [0.4, 0.5) is 10.1 Å². The number of amides is 2. The highest BCUT2D eigenvalue weighted by Crippen LogP contribution is 2.27. The third kappa shape index (κ3) is 7.56. The fraction of sp³-hybridized carbons (Fsp3) is 0.394. The normalized spacial score (nSPS) is 14.4. The van der Waals surface area contributed by atoms with Crippen LogP contribution in [-0.2, 0) is 26.2 Å². The zero-order chi connectivity index (χ0) is 30.4. The van der Waals surface area contributed by atoms with E-state index in [4.69, 9.17) is 0 Å². The predicted octanol–water partition coefficient (Wildman–Crippen LogP) is 5.81. The summed E-state index contributed by atoms with van der Waals surface area (Å²) in [7, 11) is -4.15. The van der Waals surface area contributed by atoms with Crippen LogP contribution in [0.15, 0.2) is 71.6 Å². The molecule has 1 fully saturated rings. The van der Waals surface area contributed by atoms with Gasteiger partial charge in [-0.1, -0.05) is 55.7 Å². The highest BCUT2D eigenvalue weighted by molar-refractivity contribution is 7.92. The number of hydrogen-bond donors (Lipinski definition) is 1. The molecule has 4 rings (SSSR count). The van der Waals surface area contributed by atoms with Crippen molar-refractivity contribution < 1.29 is 22.4 Å². The number of halogens is 1. The zero-order valence-corrected chi connectivity index (χ0v) is 25.6. The molecule has 0 aliphatic heterocycles. The minimum absolute atomic E-state index is 0.0287. The van der Waals surface area contributed by atoms with Gasteiger partial charge >= 0.3 is 0 Å². The smallest absolute Gasteiger partial charge is 0.264 e. The fourth-order valence-corrected chi connectivity index (χ4v) is 6.93. The summed E-state index contributed by atoms with van der Waals surface area (Å²) in [5, 5.41) is 3.10. The van der Waals surface area contributed by atoms with Gasteiger partial charge in [-0.2, -0.15) is 0 Å². The average molecular weight is 594 g/mol. The second-order valence-electron chi connectivity index (χ2n) is 11.2. The molecule has 224 valence electrons. The third-order valence-electron chi connectivity index (χ3n) is 7.74. The molecule has 42 heavy (non-hydrogen) atoms. The number of aryl methyl sites for hydroxylation is 3. The monoisotopic (exact) mass is 593 g/mol. The number of hydrogen-bond acceptors (Lipinski definition) is 4. The predicted molar refractivity (Wildman–Crippen MR) is 163 cm³/mol. The van der Waals surface area contributed by atoms with Gasteiger partial charge in [0.2, 0.25) is 11.8 Å². The number of rotatable bonds is 11. The van der Waals surface area contributed by atoms with Crippen molar-refractivity contribution in [3.05, 3.63) is 94.8 Å². The Kier molecular flexibility index (Phi) is 10.0. The van der Waals surface area contributed by atoms with Gasteiger partial charge in [-0.05, 0) is 93.1 Å². The summed E-state index contributed by atoms with van der Waals surface area (Å²) in [6, 6.07) is 16.9. The van der Waals surface area contributed by atoms with Crippen LogP contribution in [0.1, 0.15) is 61.3 Å². The third-order valence-corrected chi connectivity index (χ3v) is 9.52. The lowest BCUT2D eigenvalue weighted by molar-refractivity contribution is -0.140. The molecule has 0 saturated heterocycles. The fourth-order valence-electron chi connectivity index (χ4n) is 5.53. The first-order valence-corrected chi connectivity index (χ1v) is 15.9. The van der Waals surface area contributed by atoms with E-state index in [1.165, 1.54) is 29.2 Å². The van der Waals surface area contributed by atoms with Crippen molar-refractivity contribution in [2.24, 2.45) is 0 Å². The molecule has 1 N–H and O–H groups in total. The van der Waals surface area contributed by atoms with Crippen molar-refractivity contribution in [2.45, 2.75) is 83.3 Å². The molecule has 1 atom stereocenters. The Morgan fingerprint density at radius 2 is 1.50 bits per heavy atom. The van der Waals surface area contributed by atoms with Crippen LogP contribution in [0.25, 0.3) is 0 Å². The van der Waals surface area contributed by atoms with E-state index >= 15 is 0 Å². The van der Waals surface area contributed by atoms with E-state index in [1.54, 1.807) is 36.4 Å². The van der Waals surface area contributed by atoms with Crippen molar-refractivity contribution in [2.75, 3.05) is 10.8 Å². The summed E-state index contributed by atoms with van der Waals surface area (Å²) in [5.74, 6) is -1.20. The first-order valence-electron chi connectivity index (χ1n) is 14.5. The molecular formula is C33H40FN3O4S. The second kappa shape index (κ2) is 13.5. The van der Waals surface area contributed by atoms with E-state index in [-0.39, 0.29) is 23.4 Å². The molecule has 3 aromatic carbocycles. The first kappa shape index (κ1) is 31.2. The Morgan fingerprint density at radius 1 is 0.905 bits per heavy atom. The minimum atomic E-state index is -4.15. The van der Waals surface area contributed by atoms with E-state index < -0.39 is 34.3 Å². The summed E-state index contributed by atoms with van der Waals surface area (Å²) >= 11 is 0. The molecule has 0 heterocycles. The molecular weight excluding hydrogens is 553 g/mol. The summed E-state index contributed by atoms with van der Waals surface area (Å²) in [5.41, 5.74) is 3.62. The number of carbonyl (C=O) groups is 2. The lowest BCUT2D eigenvalue weighted by atomic mass is 10.1. The Hall–Kier alpha value is -3.72. The molecule has 1 saturated carbocycles. The molecule has 0 aromatic heterocycles. The average Bonchev–Trinajstić information content (AvgIpc) is 3.45. The molecule has 3 aromatic rings. The van der Waals surface area contributed by atoms with Gasteiger partial charge in [0.05, 0.1) is 10.6 Å². The maximum absolute atomic E-state index is 14.2. The van der Waals surface area contributed by atoms with E-state index in [0.717, 1.165) is 46.7 Å². The van der Waals surface area contributed by atoms with Gasteiger partial charge in [0.15, 0.2) is 0 Å². The number of nitrogens with zero attached hydrogens (tertiary/aromatic N) is 2. The van der Waals surface area contributed by atoms with Gasteiger partial charge in [0.1, 0.15) is 18.4 Å². The van der Waals surface area contributed by atoms with Crippen molar-refractivity contribution in [1.82, 2.24) is 10.2 Å². The molecule has 9 heteroatoms. The van der Waals surface area contributed by atoms with Gasteiger partial charge < -0.3 is 10.2 Å². The molecule has 2 amide bonds. The van der Waals surface area contributed by atoms with Gasteiger partial charge in [0, 0.05) is 12.6 Å². The number of carbonyl (C=O) groups excluding carboxylic acids is 2. The number of nitrogens with one attached hydrogen (secondary N) is 1. The first-order chi connectivity index (χ1) is 20.0. The van der Waals surface area contributed by atoms with Crippen LogP contribution in [0.5, 0.6) is 0 Å². The van der Waals surface area contributed by atoms with Gasteiger partial charge in [-0.15, -0.1) is 0 Å². The maximum Gasteiger partial charge on any atom is 0.264 e. The SMILES string of the molecule is CCC(C(=O)NC1CCCC1)N(Cc1ccc(F)cc1)C(=O)CN(c1cc(C)cc(C)c1)S(=O)(=O)c1ccc(C)cc1. The summed E-state index contributed by atoms with van der Waals surface area (Å²) in [4.78, 5) is 29.2. The molecule has 1 unspecified atom stereocenters. The summed E-state index contributed by atoms with van der Waals surface area (Å²) in [6.45, 7) is 6.96. The Balaban J connectivity index is 1.73. The van der Waals surface area contributed by atoms with Crippen molar-refractivity contribution >= 4 is 27.5 Å². The Labute approximate surface area is 248 Å². The van der Waals surface area contributed by atoms with Crippen LogP contribution >= 0.6 is 0 Å². The topological polar surface area (TPSA) is 86.8 Å². The molecule has 0 bridgehead atoms. The van der Waals surface area contributed by atoms with Crippen molar-refractivity contribution in [1.29, 1.82) is 0 Å². The highest BCUT2D eigenvalue weighted by Gasteiger charge is 2.34. The second-order valence-corrected chi connectivity index (χ2v) is 13.1. The summed E-state index contributed by atoms with van der Waals surface area (Å²) in [6.07, 6.45) is 4.20.